The van der Waals surface area contributed by atoms with Crippen LogP contribution in [0.2, 0.25) is 0 Å². The van der Waals surface area contributed by atoms with E-state index < -0.39 is 126 Å². The predicted molar refractivity (Wildman–Crippen MR) is 234 cm³/mol. The molecular weight excluding hydrogens is 874 g/mol. The third-order valence-electron chi connectivity index (χ3n) is 8.32. The van der Waals surface area contributed by atoms with E-state index in [1.807, 2.05) is 0 Å². The Morgan fingerprint density at radius 3 is 1.14 bits per heavy atom. The highest BCUT2D eigenvalue weighted by atomic mass is 16.5. The summed E-state index contributed by atoms with van der Waals surface area (Å²) in [4.78, 5) is 145. The second kappa shape index (κ2) is 29.5. The van der Waals surface area contributed by atoms with Crippen LogP contribution in [0.15, 0.2) is 0 Å². The fourth-order valence-electron chi connectivity index (χ4n) is 5.07. The first-order chi connectivity index (χ1) is 30.1. The standard InChI is InChI=1S/C21H36N4O8.C20H35N5O8/c1-11(8-15(28)25-21(4,5)6)18(30)23-14(9-16(29)33-7)19(31)24-17(13(3)27)20(32)22-10-12(2)26;1-10(26)9-22-19(32)16(11(2)27)24-18(31)13(8-15(29)33-6)23-17(30)12(21)7-14(28)25-20(3,4)5/h11,13-14,17,27H,8-10H2,1-7H3,(H,22,32)(H,23,30)(H,24,31)(H,25,28);11-13,16,27H,7-9,21H2,1-6H3,(H,22,32)(H,23,30)(H,24,31)(H,25,28). The number of nitrogens with two attached hydrogens (primary N) is 1. The number of hydrogen-bond donors (Lipinski definition) is 11. The Hall–Kier alpha value is -6.08. The Labute approximate surface area is 384 Å². The molecule has 0 bridgehead atoms. The minimum absolute atomic E-state index is 0.153. The molecular formula is C41H71N9O16. The van der Waals surface area contributed by atoms with Crippen LogP contribution in [0.4, 0.5) is 0 Å². The Bertz CT molecular complexity index is 1620. The van der Waals surface area contributed by atoms with E-state index in [1.54, 1.807) is 41.5 Å². The highest BCUT2D eigenvalue weighted by molar-refractivity contribution is 5.98. The number of esters is 2. The molecule has 0 fully saturated rings. The molecule has 8 amide bonds. The van der Waals surface area contributed by atoms with Gasteiger partial charge in [-0.25, -0.2) is 0 Å². The van der Waals surface area contributed by atoms with Gasteiger partial charge < -0.3 is 68.0 Å². The molecule has 0 radical (unpaired) electrons. The van der Waals surface area contributed by atoms with Crippen LogP contribution in [0.3, 0.4) is 0 Å². The minimum atomic E-state index is -1.51. The van der Waals surface area contributed by atoms with E-state index in [9.17, 15) is 67.7 Å². The van der Waals surface area contributed by atoms with E-state index >= 15 is 0 Å². The van der Waals surface area contributed by atoms with E-state index in [2.05, 4.69) is 52.0 Å². The molecule has 376 valence electrons. The highest BCUT2D eigenvalue weighted by Gasteiger charge is 2.34. The second-order valence-electron chi connectivity index (χ2n) is 17.5. The van der Waals surface area contributed by atoms with Crippen molar-refractivity contribution in [3.05, 3.63) is 0 Å². The number of rotatable bonds is 24. The molecule has 0 aromatic rings. The van der Waals surface area contributed by atoms with E-state index in [0.29, 0.717) is 0 Å². The fourth-order valence-corrected chi connectivity index (χ4v) is 5.07. The van der Waals surface area contributed by atoms with Gasteiger partial charge in [0.25, 0.3) is 0 Å². The van der Waals surface area contributed by atoms with Gasteiger partial charge in [-0.15, -0.1) is 0 Å². The van der Waals surface area contributed by atoms with Crippen molar-refractivity contribution in [2.24, 2.45) is 11.7 Å². The summed E-state index contributed by atoms with van der Waals surface area (Å²) in [6.07, 6.45) is -4.37. The molecule has 12 N–H and O–H groups in total. The first-order valence-corrected chi connectivity index (χ1v) is 20.8. The van der Waals surface area contributed by atoms with Crippen LogP contribution in [0.25, 0.3) is 0 Å². The zero-order valence-corrected chi connectivity index (χ0v) is 40.0. The molecule has 8 unspecified atom stereocenters. The lowest BCUT2D eigenvalue weighted by Gasteiger charge is -2.25. The first kappa shape index (κ1) is 62.0. The second-order valence-corrected chi connectivity index (χ2v) is 17.5. The molecule has 0 spiro atoms. The van der Waals surface area contributed by atoms with Gasteiger partial charge in [0.05, 0.1) is 64.8 Å². The maximum atomic E-state index is 12.7. The summed E-state index contributed by atoms with van der Waals surface area (Å²) in [5.74, 6) is -9.14. The number of methoxy groups -OCH3 is 2. The number of carbonyl (C=O) groups excluding carboxylic acids is 12. The van der Waals surface area contributed by atoms with Gasteiger partial charge in [-0.2, -0.15) is 0 Å². The molecule has 0 saturated heterocycles. The Balaban J connectivity index is 0. The Morgan fingerprint density at radius 2 is 0.833 bits per heavy atom. The Morgan fingerprint density at radius 1 is 0.500 bits per heavy atom. The molecule has 0 aromatic carbocycles. The van der Waals surface area contributed by atoms with Crippen LogP contribution in [-0.2, 0) is 67.0 Å². The van der Waals surface area contributed by atoms with Gasteiger partial charge in [-0.05, 0) is 69.2 Å². The number of Topliss-reactive ketones (excluding diaryl/α,β-unsaturated/α-hetero) is 2. The zero-order valence-electron chi connectivity index (χ0n) is 40.0. The molecule has 25 heteroatoms. The molecule has 25 nitrogen and oxygen atoms in total. The van der Waals surface area contributed by atoms with Crippen LogP contribution in [-0.4, -0.2) is 162 Å². The molecule has 0 aliphatic heterocycles. The van der Waals surface area contributed by atoms with Gasteiger partial charge in [0.1, 0.15) is 35.7 Å². The summed E-state index contributed by atoms with van der Waals surface area (Å²) in [6, 6.07) is -7.18. The van der Waals surface area contributed by atoms with E-state index in [1.165, 1.54) is 34.6 Å². The number of aliphatic hydroxyl groups is 2. The molecule has 8 atom stereocenters. The highest BCUT2D eigenvalue weighted by Crippen LogP contribution is 2.09. The van der Waals surface area contributed by atoms with Gasteiger partial charge in [0, 0.05) is 23.4 Å². The van der Waals surface area contributed by atoms with Crippen LogP contribution in [0.1, 0.15) is 102 Å². The third-order valence-corrected chi connectivity index (χ3v) is 8.32. The van der Waals surface area contributed by atoms with Crippen molar-refractivity contribution < 1.29 is 77.2 Å². The smallest absolute Gasteiger partial charge is 0.308 e. The quantitative estimate of drug-likeness (QED) is 0.0409. The van der Waals surface area contributed by atoms with E-state index in [0.717, 1.165) is 14.2 Å². The van der Waals surface area contributed by atoms with Crippen LogP contribution in [0.5, 0.6) is 0 Å². The maximum absolute atomic E-state index is 12.7. The van der Waals surface area contributed by atoms with Crippen molar-refractivity contribution in [1.82, 2.24) is 42.5 Å². The molecule has 0 saturated carbocycles. The first-order valence-electron chi connectivity index (χ1n) is 20.8. The van der Waals surface area contributed by atoms with Gasteiger partial charge >= 0.3 is 11.9 Å². The normalized spacial score (nSPS) is 14.7. The van der Waals surface area contributed by atoms with E-state index in [-0.39, 0.29) is 43.4 Å². The molecule has 66 heavy (non-hydrogen) atoms. The summed E-state index contributed by atoms with van der Waals surface area (Å²) < 4.78 is 9.08. The lowest BCUT2D eigenvalue weighted by atomic mass is 10.0. The number of hydrogen-bond acceptors (Lipinski definition) is 17. The predicted octanol–water partition coefficient (Wildman–Crippen LogP) is -4.22. The van der Waals surface area contributed by atoms with Crippen LogP contribution in [0, 0.1) is 5.92 Å². The largest absolute Gasteiger partial charge is 0.469 e. The summed E-state index contributed by atoms with van der Waals surface area (Å²) in [5, 5.41) is 38.8. The monoisotopic (exact) mass is 946 g/mol. The molecule has 0 heterocycles. The summed E-state index contributed by atoms with van der Waals surface area (Å²) in [7, 11) is 2.18. The minimum Gasteiger partial charge on any atom is -0.469 e. The topological polar surface area (TPSA) is 386 Å². The molecule has 0 aliphatic carbocycles. The summed E-state index contributed by atoms with van der Waals surface area (Å²) in [5.41, 5.74) is 4.73. The number of amides is 8. The summed E-state index contributed by atoms with van der Waals surface area (Å²) >= 11 is 0. The Kier molecular flexibility index (Phi) is 27.7. The van der Waals surface area contributed by atoms with Crippen LogP contribution < -0.4 is 48.3 Å². The average Bonchev–Trinajstić information content (AvgIpc) is 3.17. The number of nitrogens with one attached hydrogen (secondary N) is 8. The van der Waals surface area contributed by atoms with Crippen molar-refractivity contribution in [3.63, 3.8) is 0 Å². The number of ether oxygens (including phenoxy) is 2. The zero-order chi connectivity index (χ0) is 51.9. The van der Waals surface area contributed by atoms with Crippen LogP contribution >= 0.6 is 0 Å². The number of carbonyl (C=O) groups is 12. The van der Waals surface area contributed by atoms with Crippen molar-refractivity contribution >= 4 is 70.8 Å². The lowest BCUT2D eigenvalue weighted by molar-refractivity contribution is -0.145. The summed E-state index contributed by atoms with van der Waals surface area (Å²) in [6.45, 7) is 16.5. The van der Waals surface area contributed by atoms with E-state index in [4.69, 9.17) is 5.73 Å². The average molecular weight is 946 g/mol. The van der Waals surface area contributed by atoms with Crippen molar-refractivity contribution in [2.75, 3.05) is 27.3 Å². The van der Waals surface area contributed by atoms with Gasteiger partial charge in [-0.1, -0.05) is 6.92 Å². The SMILES string of the molecule is COC(=O)CC(NC(=O)C(C)CC(=O)NC(C)(C)C)C(=O)NC(C(=O)NCC(C)=O)C(C)O.COC(=O)CC(NC(=O)C(N)CC(=O)NC(C)(C)C)C(=O)NC(C(=O)NCC(C)=O)C(C)O. The number of ketones is 2. The van der Waals surface area contributed by atoms with Gasteiger partial charge in [-0.3, -0.25) is 57.5 Å². The van der Waals surface area contributed by atoms with Crippen molar-refractivity contribution in [2.45, 2.75) is 155 Å². The molecule has 0 aromatic heterocycles. The molecule has 0 rings (SSSR count). The van der Waals surface area contributed by atoms with Crippen molar-refractivity contribution in [3.8, 4) is 0 Å². The maximum Gasteiger partial charge on any atom is 0.308 e. The third kappa shape index (κ3) is 28.0. The van der Waals surface area contributed by atoms with Crippen molar-refractivity contribution in [1.29, 1.82) is 0 Å². The number of aliphatic hydroxyl groups excluding tert-OH is 2. The van der Waals surface area contributed by atoms with Gasteiger partial charge in [0.2, 0.25) is 47.3 Å². The lowest BCUT2D eigenvalue weighted by Crippen LogP contribution is -2.59. The fraction of sp³-hybridized carbons (Fsp3) is 0.707. The van der Waals surface area contributed by atoms with Gasteiger partial charge in [0.15, 0.2) is 0 Å². The molecule has 0 aliphatic rings.